The van der Waals surface area contributed by atoms with Gasteiger partial charge in [0.2, 0.25) is 0 Å². The molecule has 1 aromatic rings. The average Bonchev–Trinajstić information content (AvgIpc) is 2.30. The third-order valence-corrected chi connectivity index (χ3v) is 2.16. The van der Waals surface area contributed by atoms with Gasteiger partial charge in [0.05, 0.1) is 13.7 Å². The van der Waals surface area contributed by atoms with E-state index in [2.05, 4.69) is 0 Å². The van der Waals surface area contributed by atoms with Crippen LogP contribution >= 0.6 is 0 Å². The summed E-state index contributed by atoms with van der Waals surface area (Å²) in [7, 11) is 1.55. The number of hydrogen-bond acceptors (Lipinski definition) is 4. The second-order valence-corrected chi connectivity index (χ2v) is 3.28. The van der Waals surface area contributed by atoms with Crippen molar-refractivity contribution in [1.82, 2.24) is 0 Å². The molecule has 1 rings (SSSR count). The Morgan fingerprint density at radius 2 is 2.12 bits per heavy atom. The van der Waals surface area contributed by atoms with Gasteiger partial charge >= 0.3 is 5.97 Å². The summed E-state index contributed by atoms with van der Waals surface area (Å²) in [4.78, 5) is 11.2. The van der Waals surface area contributed by atoms with E-state index in [4.69, 9.17) is 9.47 Å². The minimum atomic E-state index is -1.14. The number of aliphatic hydroxyl groups excluding tert-OH is 1. The second-order valence-electron chi connectivity index (χ2n) is 3.28. The number of benzene rings is 1. The van der Waals surface area contributed by atoms with Crippen molar-refractivity contribution in [3.63, 3.8) is 0 Å². The fraction of sp³-hybridized carbons (Fsp3) is 0.417. The maximum Gasteiger partial charge on any atom is 0.335 e. The zero-order valence-corrected chi connectivity index (χ0v) is 9.47. The lowest BCUT2D eigenvalue weighted by Crippen LogP contribution is -2.25. The van der Waals surface area contributed by atoms with Crippen LogP contribution in [0.5, 0.6) is 5.75 Å². The Morgan fingerprint density at radius 3 is 2.75 bits per heavy atom. The number of ether oxygens (including phenoxy) is 2. The third kappa shape index (κ3) is 3.24. The normalized spacial score (nSPS) is 11.9. The molecule has 4 heteroatoms. The second kappa shape index (κ2) is 6.12. The Labute approximate surface area is 94.8 Å². The molecule has 0 heterocycles. The van der Waals surface area contributed by atoms with E-state index in [1.165, 1.54) is 0 Å². The number of hydrogen-bond donors (Lipinski definition) is 1. The molecule has 0 saturated carbocycles. The minimum absolute atomic E-state index is 0.197. The molecule has 0 aromatic heterocycles. The molecule has 88 valence electrons. The Morgan fingerprint density at radius 1 is 1.44 bits per heavy atom. The summed E-state index contributed by atoms with van der Waals surface area (Å²) in [5.41, 5.74) is 0.783. The van der Waals surface area contributed by atoms with E-state index in [-0.39, 0.29) is 13.0 Å². The first kappa shape index (κ1) is 12.5. The molecule has 0 aliphatic heterocycles. The fourth-order valence-electron chi connectivity index (χ4n) is 1.40. The lowest BCUT2D eigenvalue weighted by molar-refractivity contribution is -0.152. The Bertz CT molecular complexity index is 349. The van der Waals surface area contributed by atoms with Crippen molar-refractivity contribution in [2.75, 3.05) is 13.7 Å². The number of rotatable bonds is 5. The number of methoxy groups -OCH3 is 1. The van der Waals surface area contributed by atoms with Crippen molar-refractivity contribution in [3.8, 4) is 5.75 Å². The summed E-state index contributed by atoms with van der Waals surface area (Å²) in [6.45, 7) is 1.97. The zero-order chi connectivity index (χ0) is 12.0. The van der Waals surface area contributed by atoms with Gasteiger partial charge in [-0.15, -0.1) is 0 Å². The molecule has 1 N–H and O–H groups in total. The van der Waals surface area contributed by atoms with Crippen molar-refractivity contribution in [3.05, 3.63) is 29.8 Å². The smallest absolute Gasteiger partial charge is 0.335 e. The van der Waals surface area contributed by atoms with Gasteiger partial charge in [0.15, 0.2) is 6.10 Å². The van der Waals surface area contributed by atoms with Crippen molar-refractivity contribution in [2.45, 2.75) is 19.4 Å². The summed E-state index contributed by atoms with van der Waals surface area (Å²) in [6, 6.07) is 7.25. The number of aliphatic hydroxyl groups is 1. The predicted molar refractivity (Wildman–Crippen MR) is 59.3 cm³/mol. The first-order chi connectivity index (χ1) is 7.69. The van der Waals surface area contributed by atoms with Crippen LogP contribution in [0.1, 0.15) is 12.5 Å². The molecule has 1 aromatic carbocycles. The summed E-state index contributed by atoms with van der Waals surface area (Å²) in [5, 5.41) is 9.59. The number of carbonyl (C=O) groups is 1. The molecular weight excluding hydrogens is 208 g/mol. The Kier molecular flexibility index (Phi) is 4.79. The van der Waals surface area contributed by atoms with Gasteiger partial charge in [-0.05, 0) is 18.6 Å². The highest BCUT2D eigenvalue weighted by molar-refractivity contribution is 5.74. The molecule has 0 amide bonds. The highest BCUT2D eigenvalue weighted by Crippen LogP contribution is 2.19. The van der Waals surface area contributed by atoms with Gasteiger partial charge in [-0.2, -0.15) is 0 Å². The summed E-state index contributed by atoms with van der Waals surface area (Å²) in [6.07, 6.45) is -0.945. The molecular formula is C12H16O4. The van der Waals surface area contributed by atoms with Crippen LogP contribution in [0, 0.1) is 0 Å². The van der Waals surface area contributed by atoms with E-state index >= 15 is 0 Å². The van der Waals surface area contributed by atoms with Gasteiger partial charge in [-0.25, -0.2) is 4.79 Å². The molecule has 1 atom stereocenters. The molecule has 0 aliphatic rings. The van der Waals surface area contributed by atoms with E-state index in [0.717, 1.165) is 5.56 Å². The van der Waals surface area contributed by atoms with Crippen LogP contribution in [-0.2, 0) is 16.0 Å². The summed E-state index contributed by atoms with van der Waals surface area (Å²) in [5.74, 6) is 0.0549. The molecule has 4 nitrogen and oxygen atoms in total. The van der Waals surface area contributed by atoms with Crippen molar-refractivity contribution in [1.29, 1.82) is 0 Å². The number of esters is 1. The lowest BCUT2D eigenvalue weighted by Gasteiger charge is -2.12. The highest BCUT2D eigenvalue weighted by atomic mass is 16.5. The first-order valence-corrected chi connectivity index (χ1v) is 5.15. The highest BCUT2D eigenvalue weighted by Gasteiger charge is 2.18. The molecule has 0 radical (unpaired) electrons. The minimum Gasteiger partial charge on any atom is -0.496 e. The molecule has 0 spiro atoms. The molecule has 16 heavy (non-hydrogen) atoms. The van der Waals surface area contributed by atoms with Crippen LogP contribution in [0.15, 0.2) is 24.3 Å². The summed E-state index contributed by atoms with van der Waals surface area (Å²) >= 11 is 0. The molecule has 1 unspecified atom stereocenters. The molecule has 0 aliphatic carbocycles. The van der Waals surface area contributed by atoms with Crippen LogP contribution in [0.4, 0.5) is 0 Å². The van der Waals surface area contributed by atoms with Crippen molar-refractivity contribution >= 4 is 5.97 Å². The van der Waals surface area contributed by atoms with E-state index in [1.807, 2.05) is 12.1 Å². The Balaban J connectivity index is 2.68. The standard InChI is InChI=1S/C12H16O4/c1-3-16-12(14)10(13)8-9-6-4-5-7-11(9)15-2/h4-7,10,13H,3,8H2,1-2H3. The third-order valence-electron chi connectivity index (χ3n) is 2.16. The van der Waals surface area contributed by atoms with E-state index in [1.54, 1.807) is 26.2 Å². The maximum atomic E-state index is 11.2. The van der Waals surface area contributed by atoms with Gasteiger partial charge in [0.25, 0.3) is 0 Å². The van der Waals surface area contributed by atoms with Gasteiger partial charge in [0, 0.05) is 6.42 Å². The number of carbonyl (C=O) groups excluding carboxylic acids is 1. The monoisotopic (exact) mass is 224 g/mol. The zero-order valence-electron chi connectivity index (χ0n) is 9.47. The summed E-state index contributed by atoms with van der Waals surface area (Å²) < 4.78 is 9.84. The van der Waals surface area contributed by atoms with Gasteiger partial charge < -0.3 is 14.6 Å². The quantitative estimate of drug-likeness (QED) is 0.762. The Hall–Kier alpha value is -1.55. The first-order valence-electron chi connectivity index (χ1n) is 5.15. The van der Waals surface area contributed by atoms with Crippen LogP contribution in [0.3, 0.4) is 0 Å². The van der Waals surface area contributed by atoms with E-state index < -0.39 is 12.1 Å². The average molecular weight is 224 g/mol. The lowest BCUT2D eigenvalue weighted by atomic mass is 10.1. The van der Waals surface area contributed by atoms with Crippen LogP contribution in [-0.4, -0.2) is 30.9 Å². The van der Waals surface area contributed by atoms with Crippen LogP contribution in [0.2, 0.25) is 0 Å². The SMILES string of the molecule is CCOC(=O)C(O)Cc1ccccc1OC. The van der Waals surface area contributed by atoms with Gasteiger partial charge in [-0.3, -0.25) is 0 Å². The van der Waals surface area contributed by atoms with Gasteiger partial charge in [-0.1, -0.05) is 18.2 Å². The van der Waals surface area contributed by atoms with Crippen LogP contribution < -0.4 is 4.74 Å². The fourth-order valence-corrected chi connectivity index (χ4v) is 1.40. The largest absolute Gasteiger partial charge is 0.496 e. The maximum absolute atomic E-state index is 11.2. The molecule has 0 saturated heterocycles. The number of para-hydroxylation sites is 1. The van der Waals surface area contributed by atoms with Crippen molar-refractivity contribution < 1.29 is 19.4 Å². The topological polar surface area (TPSA) is 55.8 Å². The van der Waals surface area contributed by atoms with E-state index in [9.17, 15) is 9.90 Å². The van der Waals surface area contributed by atoms with Crippen LogP contribution in [0.25, 0.3) is 0 Å². The molecule has 0 bridgehead atoms. The van der Waals surface area contributed by atoms with E-state index in [0.29, 0.717) is 5.75 Å². The molecule has 0 fully saturated rings. The van der Waals surface area contributed by atoms with Gasteiger partial charge in [0.1, 0.15) is 5.75 Å². The van der Waals surface area contributed by atoms with Crippen molar-refractivity contribution in [2.24, 2.45) is 0 Å². The predicted octanol–water partition coefficient (Wildman–Crippen LogP) is 1.16.